The summed E-state index contributed by atoms with van der Waals surface area (Å²) in [6, 6.07) is 4.76. The van der Waals surface area contributed by atoms with Crippen molar-refractivity contribution in [3.63, 3.8) is 0 Å². The Bertz CT molecular complexity index is 373. The van der Waals surface area contributed by atoms with E-state index in [9.17, 15) is 4.39 Å². The molecule has 4 heteroatoms. The lowest BCUT2D eigenvalue weighted by molar-refractivity contribution is 0.197. The van der Waals surface area contributed by atoms with E-state index in [-0.39, 0.29) is 5.82 Å². The van der Waals surface area contributed by atoms with E-state index in [1.54, 1.807) is 19.2 Å². The van der Waals surface area contributed by atoms with E-state index >= 15 is 0 Å². The molecule has 0 amide bonds. The molecule has 0 fully saturated rings. The quantitative estimate of drug-likeness (QED) is 0.700. The first-order chi connectivity index (χ1) is 9.17. The van der Waals surface area contributed by atoms with Crippen molar-refractivity contribution in [2.75, 3.05) is 26.8 Å². The van der Waals surface area contributed by atoms with Crippen LogP contribution < -0.4 is 5.32 Å². The van der Waals surface area contributed by atoms with Gasteiger partial charge in [0.2, 0.25) is 0 Å². The molecule has 1 unspecified atom stereocenters. The molecule has 1 rings (SSSR count). The number of halogens is 2. The molecular weight excluding hydrogens is 265 g/mol. The first-order valence-corrected chi connectivity index (χ1v) is 7.18. The van der Waals surface area contributed by atoms with Crippen molar-refractivity contribution >= 4 is 11.6 Å². The van der Waals surface area contributed by atoms with Gasteiger partial charge in [-0.15, -0.1) is 0 Å². The van der Waals surface area contributed by atoms with Crippen LogP contribution in [0.4, 0.5) is 4.39 Å². The Morgan fingerprint density at radius 3 is 2.89 bits per heavy atom. The minimum atomic E-state index is -0.164. The van der Waals surface area contributed by atoms with Crippen LogP contribution >= 0.6 is 11.6 Å². The van der Waals surface area contributed by atoms with Crippen molar-refractivity contribution in [2.45, 2.75) is 26.2 Å². The normalized spacial score (nSPS) is 12.6. The number of nitrogens with one attached hydrogen (secondary N) is 1. The van der Waals surface area contributed by atoms with Gasteiger partial charge in [-0.05, 0) is 49.1 Å². The molecule has 0 heterocycles. The lowest BCUT2D eigenvalue weighted by atomic mass is 9.94. The molecule has 1 N–H and O–H groups in total. The molecule has 0 radical (unpaired) electrons. The van der Waals surface area contributed by atoms with E-state index in [1.807, 2.05) is 0 Å². The van der Waals surface area contributed by atoms with Gasteiger partial charge in [-0.25, -0.2) is 4.39 Å². The van der Waals surface area contributed by atoms with E-state index in [4.69, 9.17) is 16.3 Å². The molecule has 0 aliphatic heterocycles. The summed E-state index contributed by atoms with van der Waals surface area (Å²) in [5.41, 5.74) is 0.708. The van der Waals surface area contributed by atoms with Gasteiger partial charge in [0.1, 0.15) is 5.82 Å². The van der Waals surface area contributed by atoms with Crippen molar-refractivity contribution in [1.29, 1.82) is 0 Å². The maximum absolute atomic E-state index is 13.7. The Morgan fingerprint density at radius 1 is 1.42 bits per heavy atom. The predicted molar refractivity (Wildman–Crippen MR) is 78.3 cm³/mol. The van der Waals surface area contributed by atoms with Gasteiger partial charge in [-0.1, -0.05) is 24.9 Å². The molecule has 1 atom stereocenters. The van der Waals surface area contributed by atoms with Gasteiger partial charge < -0.3 is 10.1 Å². The number of benzene rings is 1. The molecule has 108 valence electrons. The summed E-state index contributed by atoms with van der Waals surface area (Å²) in [6.07, 6.45) is 2.89. The predicted octanol–water partition coefficient (Wildman–Crippen LogP) is 3.67. The smallest absolute Gasteiger partial charge is 0.126 e. The number of hydrogen-bond acceptors (Lipinski definition) is 2. The lowest BCUT2D eigenvalue weighted by Crippen LogP contribution is -2.27. The highest BCUT2D eigenvalue weighted by atomic mass is 35.5. The fraction of sp³-hybridized carbons (Fsp3) is 0.600. The number of hydrogen-bond donors (Lipinski definition) is 1. The molecule has 0 aliphatic rings. The van der Waals surface area contributed by atoms with Gasteiger partial charge in [0.15, 0.2) is 0 Å². The third kappa shape index (κ3) is 6.37. The fourth-order valence-electron chi connectivity index (χ4n) is 2.18. The summed E-state index contributed by atoms with van der Waals surface area (Å²) in [6.45, 7) is 4.55. The van der Waals surface area contributed by atoms with Gasteiger partial charge >= 0.3 is 0 Å². The van der Waals surface area contributed by atoms with Gasteiger partial charge in [0, 0.05) is 18.7 Å². The first kappa shape index (κ1) is 16.4. The second kappa shape index (κ2) is 9.29. The highest BCUT2D eigenvalue weighted by molar-refractivity contribution is 6.30. The zero-order chi connectivity index (χ0) is 14.1. The monoisotopic (exact) mass is 287 g/mol. The largest absolute Gasteiger partial charge is 0.383 e. The van der Waals surface area contributed by atoms with Gasteiger partial charge in [0.05, 0.1) is 6.61 Å². The van der Waals surface area contributed by atoms with Crippen LogP contribution in [0.1, 0.15) is 25.3 Å². The van der Waals surface area contributed by atoms with E-state index < -0.39 is 0 Å². The maximum atomic E-state index is 13.7. The summed E-state index contributed by atoms with van der Waals surface area (Å²) in [5, 5.41) is 3.94. The number of methoxy groups -OCH3 is 1. The second-order valence-electron chi connectivity index (χ2n) is 4.79. The topological polar surface area (TPSA) is 21.3 Å². The van der Waals surface area contributed by atoms with Crippen molar-refractivity contribution in [1.82, 2.24) is 5.32 Å². The minimum absolute atomic E-state index is 0.164. The molecule has 19 heavy (non-hydrogen) atoms. The van der Waals surface area contributed by atoms with Crippen LogP contribution in [0.2, 0.25) is 5.02 Å². The van der Waals surface area contributed by atoms with Crippen LogP contribution in [0.3, 0.4) is 0 Å². The molecule has 0 bridgehead atoms. The van der Waals surface area contributed by atoms with Crippen LogP contribution in [-0.2, 0) is 11.2 Å². The Kier molecular flexibility index (Phi) is 8.03. The third-order valence-electron chi connectivity index (χ3n) is 3.13. The van der Waals surface area contributed by atoms with E-state index in [0.29, 0.717) is 23.1 Å². The van der Waals surface area contributed by atoms with Crippen molar-refractivity contribution < 1.29 is 9.13 Å². The summed E-state index contributed by atoms with van der Waals surface area (Å²) < 4.78 is 18.7. The van der Waals surface area contributed by atoms with E-state index in [2.05, 4.69) is 12.2 Å². The van der Waals surface area contributed by atoms with E-state index in [1.165, 1.54) is 6.07 Å². The molecule has 2 nitrogen and oxygen atoms in total. The summed E-state index contributed by atoms with van der Waals surface area (Å²) in [4.78, 5) is 0. The van der Waals surface area contributed by atoms with Crippen LogP contribution in [0.5, 0.6) is 0 Å². The van der Waals surface area contributed by atoms with Crippen molar-refractivity contribution in [3.05, 3.63) is 34.6 Å². The van der Waals surface area contributed by atoms with Crippen LogP contribution in [0.15, 0.2) is 18.2 Å². The second-order valence-corrected chi connectivity index (χ2v) is 5.23. The molecular formula is C15H23ClFNO. The number of rotatable bonds is 9. The molecule has 0 saturated carbocycles. The van der Waals surface area contributed by atoms with Crippen LogP contribution in [0.25, 0.3) is 0 Å². The highest BCUT2D eigenvalue weighted by Crippen LogP contribution is 2.20. The van der Waals surface area contributed by atoms with Crippen LogP contribution in [-0.4, -0.2) is 26.8 Å². The molecule has 0 aliphatic carbocycles. The Labute approximate surface area is 120 Å². The standard InChI is InChI=1S/C15H23ClFNO/c1-3-4-12(11-18-7-8-19-2)9-13-10-14(16)5-6-15(13)17/h5-6,10,12,18H,3-4,7-9,11H2,1-2H3. The van der Waals surface area contributed by atoms with Crippen LogP contribution in [0, 0.1) is 11.7 Å². The van der Waals surface area contributed by atoms with Gasteiger partial charge in [-0.3, -0.25) is 0 Å². The Balaban J connectivity index is 2.54. The lowest BCUT2D eigenvalue weighted by Gasteiger charge is -2.17. The first-order valence-electron chi connectivity index (χ1n) is 6.81. The van der Waals surface area contributed by atoms with E-state index in [0.717, 1.165) is 32.4 Å². The minimum Gasteiger partial charge on any atom is -0.383 e. The van der Waals surface area contributed by atoms with Crippen molar-refractivity contribution in [3.8, 4) is 0 Å². The molecule has 1 aromatic carbocycles. The van der Waals surface area contributed by atoms with Crippen molar-refractivity contribution in [2.24, 2.45) is 5.92 Å². The summed E-state index contributed by atoms with van der Waals surface area (Å²) in [5.74, 6) is 0.261. The average Bonchev–Trinajstić information content (AvgIpc) is 2.39. The Morgan fingerprint density at radius 2 is 2.21 bits per heavy atom. The summed E-state index contributed by atoms with van der Waals surface area (Å²) >= 11 is 5.92. The zero-order valence-electron chi connectivity index (χ0n) is 11.7. The fourth-order valence-corrected chi connectivity index (χ4v) is 2.37. The molecule has 1 aromatic rings. The SMILES string of the molecule is CCCC(CNCCOC)Cc1cc(Cl)ccc1F. The zero-order valence-corrected chi connectivity index (χ0v) is 12.5. The van der Waals surface area contributed by atoms with Gasteiger partial charge in [-0.2, -0.15) is 0 Å². The number of ether oxygens (including phenoxy) is 1. The van der Waals surface area contributed by atoms with Gasteiger partial charge in [0.25, 0.3) is 0 Å². The highest BCUT2D eigenvalue weighted by Gasteiger charge is 2.12. The molecule has 0 aromatic heterocycles. The molecule has 0 saturated heterocycles. The summed E-state index contributed by atoms with van der Waals surface area (Å²) in [7, 11) is 1.69. The average molecular weight is 288 g/mol. The third-order valence-corrected chi connectivity index (χ3v) is 3.36. The Hall–Kier alpha value is -0.640. The maximum Gasteiger partial charge on any atom is 0.126 e. The molecule has 0 spiro atoms.